The number of rotatable bonds is 2. The Kier molecular flexibility index (Phi) is 3.16. The van der Waals surface area contributed by atoms with Crippen molar-refractivity contribution in [3.8, 4) is 0 Å². The molecule has 0 aromatic heterocycles. The molecule has 27 heavy (non-hydrogen) atoms. The Labute approximate surface area is 160 Å². The Morgan fingerprint density at radius 3 is 2.30 bits per heavy atom. The SMILES string of the molecule is N=C(N)N(c1c(N)cc2c3c(cccc13)CC2)C1C2CC3CC(C2)CC1C3. The molecular weight excluding hydrogens is 332 g/mol. The monoisotopic (exact) mass is 360 g/mol. The van der Waals surface area contributed by atoms with Crippen LogP contribution < -0.4 is 16.4 Å². The van der Waals surface area contributed by atoms with E-state index in [2.05, 4.69) is 29.2 Å². The van der Waals surface area contributed by atoms with Crippen LogP contribution in [0.25, 0.3) is 10.8 Å². The summed E-state index contributed by atoms with van der Waals surface area (Å²) in [6, 6.07) is 9.06. The number of hydrogen-bond donors (Lipinski definition) is 3. The van der Waals surface area contributed by atoms with Gasteiger partial charge < -0.3 is 16.4 Å². The number of guanidine groups is 1. The van der Waals surface area contributed by atoms with Gasteiger partial charge in [0, 0.05) is 11.4 Å². The number of nitrogen functional groups attached to an aromatic ring is 1. The molecule has 5 aliphatic carbocycles. The van der Waals surface area contributed by atoms with E-state index in [9.17, 15) is 0 Å². The summed E-state index contributed by atoms with van der Waals surface area (Å²) in [5, 5.41) is 11.1. The summed E-state index contributed by atoms with van der Waals surface area (Å²) >= 11 is 0. The average Bonchev–Trinajstić information content (AvgIpc) is 3.03. The fourth-order valence-corrected chi connectivity index (χ4v) is 7.35. The van der Waals surface area contributed by atoms with Gasteiger partial charge in [-0.1, -0.05) is 18.2 Å². The molecule has 0 unspecified atom stereocenters. The quantitative estimate of drug-likeness (QED) is 0.429. The molecule has 4 fully saturated rings. The van der Waals surface area contributed by atoms with Crippen LogP contribution in [0.5, 0.6) is 0 Å². The van der Waals surface area contributed by atoms with Gasteiger partial charge >= 0.3 is 0 Å². The molecule has 0 amide bonds. The van der Waals surface area contributed by atoms with Crippen molar-refractivity contribution in [2.75, 3.05) is 10.6 Å². The molecule has 0 saturated heterocycles. The van der Waals surface area contributed by atoms with E-state index in [1.807, 2.05) is 0 Å². The summed E-state index contributed by atoms with van der Waals surface area (Å²) in [6.45, 7) is 0. The fourth-order valence-electron chi connectivity index (χ4n) is 7.35. The maximum Gasteiger partial charge on any atom is 0.193 e. The van der Waals surface area contributed by atoms with E-state index < -0.39 is 0 Å². The lowest BCUT2D eigenvalue weighted by atomic mass is 9.54. The summed E-state index contributed by atoms with van der Waals surface area (Å²) in [4.78, 5) is 2.14. The summed E-state index contributed by atoms with van der Waals surface area (Å²) in [6.07, 6.45) is 8.82. The molecular formula is C23H28N4. The molecule has 2 aromatic rings. The number of benzene rings is 2. The van der Waals surface area contributed by atoms with Crippen LogP contribution in [0.3, 0.4) is 0 Å². The predicted molar refractivity (Wildman–Crippen MR) is 111 cm³/mol. The Balaban J connectivity index is 1.54. The largest absolute Gasteiger partial charge is 0.397 e. The first kappa shape index (κ1) is 15.8. The van der Waals surface area contributed by atoms with E-state index in [0.29, 0.717) is 17.9 Å². The molecule has 5 aliphatic rings. The Bertz CT molecular complexity index is 934. The van der Waals surface area contributed by atoms with E-state index in [0.717, 1.165) is 36.1 Å². The lowest BCUT2D eigenvalue weighted by Crippen LogP contribution is -2.59. The van der Waals surface area contributed by atoms with E-state index in [4.69, 9.17) is 16.9 Å². The molecule has 0 aliphatic heterocycles. The van der Waals surface area contributed by atoms with E-state index in [1.165, 1.54) is 54.0 Å². The van der Waals surface area contributed by atoms with E-state index >= 15 is 0 Å². The second-order valence-electron chi connectivity index (χ2n) is 9.49. The molecule has 4 heteroatoms. The topological polar surface area (TPSA) is 79.1 Å². The minimum absolute atomic E-state index is 0.165. The first-order valence-electron chi connectivity index (χ1n) is 10.6. The Morgan fingerprint density at radius 2 is 1.63 bits per heavy atom. The van der Waals surface area contributed by atoms with Crippen LogP contribution in [0, 0.1) is 29.1 Å². The van der Waals surface area contributed by atoms with Crippen molar-refractivity contribution < 1.29 is 0 Å². The minimum atomic E-state index is 0.165. The van der Waals surface area contributed by atoms with Gasteiger partial charge in [-0.05, 0) is 91.2 Å². The zero-order valence-electron chi connectivity index (χ0n) is 15.7. The van der Waals surface area contributed by atoms with Crippen molar-refractivity contribution in [2.45, 2.75) is 51.0 Å². The molecule has 0 atom stereocenters. The highest BCUT2D eigenvalue weighted by atomic mass is 15.3. The zero-order chi connectivity index (χ0) is 18.3. The molecule has 4 bridgehead atoms. The predicted octanol–water partition coefficient (Wildman–Crippen LogP) is 4.05. The molecule has 0 heterocycles. The second-order valence-corrected chi connectivity index (χ2v) is 9.49. The van der Waals surface area contributed by atoms with Crippen LogP contribution in [-0.2, 0) is 12.8 Å². The third kappa shape index (κ3) is 2.13. The van der Waals surface area contributed by atoms with Crippen LogP contribution in [0.15, 0.2) is 24.3 Å². The van der Waals surface area contributed by atoms with Gasteiger partial charge in [0.2, 0.25) is 0 Å². The van der Waals surface area contributed by atoms with E-state index in [1.54, 1.807) is 0 Å². The summed E-state index contributed by atoms with van der Waals surface area (Å²) < 4.78 is 0. The third-order valence-corrected chi connectivity index (χ3v) is 7.97. The summed E-state index contributed by atoms with van der Waals surface area (Å²) in [7, 11) is 0. The van der Waals surface area contributed by atoms with Gasteiger partial charge in [-0.15, -0.1) is 0 Å². The van der Waals surface area contributed by atoms with Gasteiger partial charge in [0.1, 0.15) is 0 Å². The number of nitrogens with two attached hydrogens (primary N) is 2. The fraction of sp³-hybridized carbons (Fsp3) is 0.522. The molecule has 5 N–H and O–H groups in total. The number of hydrogen-bond acceptors (Lipinski definition) is 2. The van der Waals surface area contributed by atoms with Gasteiger partial charge in [0.25, 0.3) is 0 Å². The van der Waals surface area contributed by atoms with Gasteiger partial charge in [-0.25, -0.2) is 0 Å². The number of aryl methyl sites for hydroxylation is 2. The maximum atomic E-state index is 8.51. The lowest BCUT2D eigenvalue weighted by Gasteiger charge is -2.57. The van der Waals surface area contributed by atoms with Crippen LogP contribution in [-0.4, -0.2) is 12.0 Å². The number of nitrogens with zero attached hydrogens (tertiary/aromatic N) is 1. The standard InChI is InChI=1S/C23H28N4/c24-19-11-15-5-4-14-2-1-3-18(20(14)15)22(19)27(23(25)26)21-16-7-12-6-13(9-16)10-17(21)8-12/h1-3,11-13,16-17,21H,4-10,24H2,(H3,25,26). The first-order valence-corrected chi connectivity index (χ1v) is 10.6. The summed E-state index contributed by atoms with van der Waals surface area (Å²) in [5.41, 5.74) is 17.4. The first-order chi connectivity index (χ1) is 13.1. The smallest absolute Gasteiger partial charge is 0.193 e. The number of anilines is 2. The minimum Gasteiger partial charge on any atom is -0.397 e. The molecule has 7 rings (SSSR count). The molecule has 0 radical (unpaired) electrons. The second kappa shape index (κ2) is 5.40. The van der Waals surface area contributed by atoms with Crippen molar-refractivity contribution in [3.63, 3.8) is 0 Å². The highest BCUT2D eigenvalue weighted by Gasteiger charge is 2.51. The highest BCUT2D eigenvalue weighted by Crippen LogP contribution is 2.56. The summed E-state index contributed by atoms with van der Waals surface area (Å²) in [5.74, 6) is 3.29. The molecule has 140 valence electrons. The van der Waals surface area contributed by atoms with Crippen LogP contribution in [0.2, 0.25) is 0 Å². The third-order valence-electron chi connectivity index (χ3n) is 7.97. The maximum absolute atomic E-state index is 8.51. The Hall–Kier alpha value is -2.23. The van der Waals surface area contributed by atoms with Crippen LogP contribution >= 0.6 is 0 Å². The van der Waals surface area contributed by atoms with Crippen molar-refractivity contribution >= 4 is 28.1 Å². The molecule has 4 saturated carbocycles. The number of nitrogens with one attached hydrogen (secondary N) is 1. The van der Waals surface area contributed by atoms with Crippen LogP contribution in [0.1, 0.15) is 43.2 Å². The molecule has 4 nitrogen and oxygen atoms in total. The van der Waals surface area contributed by atoms with Gasteiger partial charge in [0.05, 0.1) is 11.4 Å². The van der Waals surface area contributed by atoms with Gasteiger partial charge in [0.15, 0.2) is 5.96 Å². The van der Waals surface area contributed by atoms with Crippen molar-refractivity contribution in [2.24, 2.45) is 29.4 Å². The Morgan fingerprint density at radius 1 is 0.963 bits per heavy atom. The molecule has 0 spiro atoms. The van der Waals surface area contributed by atoms with Crippen molar-refractivity contribution in [1.29, 1.82) is 5.41 Å². The van der Waals surface area contributed by atoms with Crippen LogP contribution in [0.4, 0.5) is 11.4 Å². The normalized spacial score (nSPS) is 33.0. The zero-order valence-corrected chi connectivity index (χ0v) is 15.7. The average molecular weight is 361 g/mol. The van der Waals surface area contributed by atoms with Gasteiger partial charge in [-0.3, -0.25) is 5.41 Å². The lowest BCUT2D eigenvalue weighted by molar-refractivity contribution is 0.00138. The van der Waals surface area contributed by atoms with Crippen molar-refractivity contribution in [3.05, 3.63) is 35.4 Å². The molecule has 2 aromatic carbocycles. The van der Waals surface area contributed by atoms with Gasteiger partial charge in [-0.2, -0.15) is 0 Å². The van der Waals surface area contributed by atoms with E-state index in [-0.39, 0.29) is 5.96 Å². The highest BCUT2D eigenvalue weighted by molar-refractivity contribution is 6.10. The van der Waals surface area contributed by atoms with Crippen molar-refractivity contribution in [1.82, 2.24) is 0 Å².